The Labute approximate surface area is 117 Å². The number of nitrogens with one attached hydrogen (secondary N) is 1. The largest absolute Gasteiger partial charge is 0.353 e. The summed E-state index contributed by atoms with van der Waals surface area (Å²) >= 11 is 1.53. The Bertz CT molecular complexity index is 531. The highest BCUT2D eigenvalue weighted by molar-refractivity contribution is 7.08. The fraction of sp³-hybridized carbons (Fsp3) is 0.357. The van der Waals surface area contributed by atoms with E-state index in [1.165, 1.54) is 17.0 Å². The maximum atomic E-state index is 12.0. The van der Waals surface area contributed by atoms with Crippen molar-refractivity contribution in [1.82, 2.24) is 14.8 Å². The van der Waals surface area contributed by atoms with Gasteiger partial charge in [0, 0.05) is 36.4 Å². The van der Waals surface area contributed by atoms with Crippen LogP contribution in [0, 0.1) is 0 Å². The molecule has 2 rings (SSSR count). The lowest BCUT2D eigenvalue weighted by molar-refractivity contribution is 0.0941. The summed E-state index contributed by atoms with van der Waals surface area (Å²) in [6.45, 7) is 0.597. The van der Waals surface area contributed by atoms with Crippen LogP contribution in [0.25, 0.3) is 0 Å². The molecule has 2 aromatic heterocycles. The lowest BCUT2D eigenvalue weighted by atomic mass is 10.2. The second-order valence-corrected chi connectivity index (χ2v) is 5.53. The summed E-state index contributed by atoms with van der Waals surface area (Å²) in [5.74, 6) is -0.0118. The zero-order valence-corrected chi connectivity index (χ0v) is 12.3. The lowest BCUT2D eigenvalue weighted by Gasteiger charge is -2.25. The SMILES string of the molecule is CN(C)C(CNC(=O)c1ccsc1)c1cccn1C. The molecule has 4 nitrogen and oxygen atoms in total. The third-order valence-corrected chi connectivity index (χ3v) is 3.87. The Balaban J connectivity index is 2.03. The minimum Gasteiger partial charge on any atom is -0.353 e. The van der Waals surface area contributed by atoms with Gasteiger partial charge < -0.3 is 9.88 Å². The van der Waals surface area contributed by atoms with Gasteiger partial charge in [-0.25, -0.2) is 0 Å². The maximum Gasteiger partial charge on any atom is 0.252 e. The molecule has 0 aliphatic rings. The first-order valence-corrected chi connectivity index (χ1v) is 7.12. The number of aromatic nitrogens is 1. The number of hydrogen-bond acceptors (Lipinski definition) is 3. The molecular weight excluding hydrogens is 258 g/mol. The van der Waals surface area contributed by atoms with E-state index in [0.29, 0.717) is 6.54 Å². The highest BCUT2D eigenvalue weighted by atomic mass is 32.1. The van der Waals surface area contributed by atoms with Gasteiger partial charge in [0.25, 0.3) is 5.91 Å². The van der Waals surface area contributed by atoms with E-state index in [1.807, 2.05) is 50.2 Å². The van der Waals surface area contributed by atoms with Crippen molar-refractivity contribution in [2.24, 2.45) is 7.05 Å². The average molecular weight is 277 g/mol. The minimum absolute atomic E-state index is 0.0118. The molecule has 5 heteroatoms. The van der Waals surface area contributed by atoms with Crippen LogP contribution in [0.1, 0.15) is 22.1 Å². The Morgan fingerprint density at radius 2 is 2.26 bits per heavy atom. The van der Waals surface area contributed by atoms with E-state index < -0.39 is 0 Å². The zero-order chi connectivity index (χ0) is 13.8. The summed E-state index contributed by atoms with van der Waals surface area (Å²) in [5.41, 5.74) is 1.92. The highest BCUT2D eigenvalue weighted by Crippen LogP contribution is 2.17. The van der Waals surface area contributed by atoms with Crippen molar-refractivity contribution >= 4 is 17.2 Å². The van der Waals surface area contributed by atoms with Crippen LogP contribution in [-0.4, -0.2) is 36.0 Å². The lowest BCUT2D eigenvalue weighted by Crippen LogP contribution is -2.35. The van der Waals surface area contributed by atoms with Crippen LogP contribution in [0.4, 0.5) is 0 Å². The predicted octanol–water partition coefficient (Wildman–Crippen LogP) is 2.12. The van der Waals surface area contributed by atoms with Gasteiger partial charge in [-0.2, -0.15) is 11.3 Å². The van der Waals surface area contributed by atoms with Crippen LogP contribution in [0.2, 0.25) is 0 Å². The van der Waals surface area contributed by atoms with E-state index in [-0.39, 0.29) is 11.9 Å². The molecule has 0 aromatic carbocycles. The monoisotopic (exact) mass is 277 g/mol. The number of likely N-dealkylation sites (N-methyl/N-ethyl adjacent to an activating group) is 1. The molecule has 1 unspecified atom stereocenters. The Morgan fingerprint density at radius 3 is 2.79 bits per heavy atom. The quantitative estimate of drug-likeness (QED) is 0.909. The molecule has 0 saturated carbocycles. The molecule has 0 radical (unpaired) electrons. The van der Waals surface area contributed by atoms with Crippen molar-refractivity contribution in [3.63, 3.8) is 0 Å². The number of nitrogens with zero attached hydrogens (tertiary/aromatic N) is 2. The fourth-order valence-corrected chi connectivity index (χ4v) is 2.69. The maximum absolute atomic E-state index is 12.0. The van der Waals surface area contributed by atoms with Gasteiger partial charge in [-0.1, -0.05) is 0 Å². The van der Waals surface area contributed by atoms with Gasteiger partial charge in [0.2, 0.25) is 0 Å². The molecule has 1 amide bonds. The van der Waals surface area contributed by atoms with Crippen LogP contribution in [0.15, 0.2) is 35.2 Å². The number of aryl methyl sites for hydroxylation is 1. The Hall–Kier alpha value is -1.59. The number of thiophene rings is 1. The molecule has 102 valence electrons. The van der Waals surface area contributed by atoms with Crippen molar-refractivity contribution in [2.75, 3.05) is 20.6 Å². The summed E-state index contributed by atoms with van der Waals surface area (Å²) in [7, 11) is 6.06. The van der Waals surface area contributed by atoms with Crippen LogP contribution in [0.5, 0.6) is 0 Å². The molecular formula is C14H19N3OS. The minimum atomic E-state index is -0.0118. The van der Waals surface area contributed by atoms with E-state index in [9.17, 15) is 4.79 Å². The topological polar surface area (TPSA) is 37.3 Å². The molecule has 0 aliphatic carbocycles. The molecule has 0 bridgehead atoms. The Morgan fingerprint density at radius 1 is 1.47 bits per heavy atom. The molecule has 2 aromatic rings. The van der Waals surface area contributed by atoms with Gasteiger partial charge in [0.05, 0.1) is 6.04 Å². The Kier molecular flexibility index (Phi) is 4.39. The second-order valence-electron chi connectivity index (χ2n) is 4.75. The molecule has 0 saturated heterocycles. The number of amides is 1. The van der Waals surface area contributed by atoms with E-state index in [0.717, 1.165) is 5.56 Å². The highest BCUT2D eigenvalue weighted by Gasteiger charge is 2.18. The molecule has 0 aliphatic heterocycles. The van der Waals surface area contributed by atoms with Gasteiger partial charge >= 0.3 is 0 Å². The van der Waals surface area contributed by atoms with Crippen molar-refractivity contribution in [2.45, 2.75) is 6.04 Å². The normalized spacial score (nSPS) is 12.6. The van der Waals surface area contributed by atoms with Crippen molar-refractivity contribution in [3.05, 3.63) is 46.4 Å². The molecule has 1 atom stereocenters. The molecule has 0 spiro atoms. The third-order valence-electron chi connectivity index (χ3n) is 3.19. The predicted molar refractivity (Wildman–Crippen MR) is 78.5 cm³/mol. The van der Waals surface area contributed by atoms with Crippen LogP contribution in [0.3, 0.4) is 0 Å². The summed E-state index contributed by atoms with van der Waals surface area (Å²) in [5, 5.41) is 6.77. The van der Waals surface area contributed by atoms with Gasteiger partial charge in [-0.15, -0.1) is 0 Å². The van der Waals surface area contributed by atoms with Gasteiger partial charge in [-0.05, 0) is 37.7 Å². The van der Waals surface area contributed by atoms with E-state index in [2.05, 4.69) is 20.9 Å². The molecule has 0 fully saturated rings. The molecule has 1 N–H and O–H groups in total. The summed E-state index contributed by atoms with van der Waals surface area (Å²) < 4.78 is 2.08. The number of carbonyl (C=O) groups excluding carboxylic acids is 1. The summed E-state index contributed by atoms with van der Waals surface area (Å²) in [6, 6.07) is 6.11. The molecule has 19 heavy (non-hydrogen) atoms. The van der Waals surface area contributed by atoms with Crippen LogP contribution >= 0.6 is 11.3 Å². The van der Waals surface area contributed by atoms with Gasteiger partial charge in [0.15, 0.2) is 0 Å². The zero-order valence-electron chi connectivity index (χ0n) is 11.5. The van der Waals surface area contributed by atoms with E-state index in [4.69, 9.17) is 0 Å². The standard InChI is InChI=1S/C14H19N3OS/c1-16(2)13(12-5-4-7-17(12)3)9-15-14(18)11-6-8-19-10-11/h4-8,10,13H,9H2,1-3H3,(H,15,18). The number of carbonyl (C=O) groups is 1. The fourth-order valence-electron chi connectivity index (χ4n) is 2.06. The first kappa shape index (κ1) is 13.8. The van der Waals surface area contributed by atoms with E-state index >= 15 is 0 Å². The third kappa shape index (κ3) is 3.24. The number of hydrogen-bond donors (Lipinski definition) is 1. The number of rotatable bonds is 5. The van der Waals surface area contributed by atoms with Gasteiger partial charge in [0.1, 0.15) is 0 Å². The average Bonchev–Trinajstić information content (AvgIpc) is 3.01. The van der Waals surface area contributed by atoms with Crippen molar-refractivity contribution in [1.29, 1.82) is 0 Å². The first-order valence-electron chi connectivity index (χ1n) is 6.17. The second kappa shape index (κ2) is 6.04. The molecule has 2 heterocycles. The summed E-state index contributed by atoms with van der Waals surface area (Å²) in [4.78, 5) is 14.1. The van der Waals surface area contributed by atoms with Crippen LogP contribution < -0.4 is 5.32 Å². The smallest absolute Gasteiger partial charge is 0.252 e. The summed E-state index contributed by atoms with van der Waals surface area (Å²) in [6.07, 6.45) is 2.02. The van der Waals surface area contributed by atoms with Crippen LogP contribution in [-0.2, 0) is 7.05 Å². The van der Waals surface area contributed by atoms with Crippen molar-refractivity contribution < 1.29 is 4.79 Å². The first-order chi connectivity index (χ1) is 9.09. The van der Waals surface area contributed by atoms with Crippen molar-refractivity contribution in [3.8, 4) is 0 Å². The van der Waals surface area contributed by atoms with Gasteiger partial charge in [-0.3, -0.25) is 9.69 Å². The van der Waals surface area contributed by atoms with E-state index in [1.54, 1.807) is 0 Å².